The second-order valence-corrected chi connectivity index (χ2v) is 7.11. The standard InChI is InChI=1S/C18H17F5N2O3/c1-28-9-16(6-17(19,20)7-16)8-25-10-24-5-13(15(25)27)12-3-2-11(4-14(12)26)18(21,22)23/h2-5,10,26H,6-9H2,1H3. The first-order valence-electron chi connectivity index (χ1n) is 8.28. The Labute approximate surface area is 156 Å². The number of rotatable bonds is 5. The highest BCUT2D eigenvalue weighted by molar-refractivity contribution is 5.69. The average molecular weight is 404 g/mol. The van der Waals surface area contributed by atoms with Crippen LogP contribution in [0.3, 0.4) is 0 Å². The Morgan fingerprint density at radius 3 is 2.46 bits per heavy atom. The monoisotopic (exact) mass is 404 g/mol. The van der Waals surface area contributed by atoms with E-state index in [9.17, 15) is 31.9 Å². The number of hydrogen-bond donors (Lipinski definition) is 1. The predicted octanol–water partition coefficient (Wildman–Crippen LogP) is 3.70. The van der Waals surface area contributed by atoms with E-state index in [-0.39, 0.29) is 24.3 Å². The molecular formula is C18H17F5N2O3. The van der Waals surface area contributed by atoms with E-state index in [1.54, 1.807) is 0 Å². The summed E-state index contributed by atoms with van der Waals surface area (Å²) in [5, 5.41) is 9.97. The van der Waals surface area contributed by atoms with Gasteiger partial charge in [0.05, 0.1) is 24.1 Å². The van der Waals surface area contributed by atoms with Crippen molar-refractivity contribution in [2.45, 2.75) is 31.5 Å². The van der Waals surface area contributed by atoms with E-state index in [4.69, 9.17) is 4.74 Å². The molecule has 1 aromatic carbocycles. The summed E-state index contributed by atoms with van der Waals surface area (Å²) in [5.74, 6) is -3.56. The van der Waals surface area contributed by atoms with Gasteiger partial charge in [-0.05, 0) is 18.2 Å². The SMILES string of the molecule is COCC1(Cn2cncc(-c3ccc(C(F)(F)F)cc3O)c2=O)CC(F)(F)C1. The maximum absolute atomic E-state index is 13.4. The molecule has 0 radical (unpaired) electrons. The topological polar surface area (TPSA) is 64.3 Å². The van der Waals surface area contributed by atoms with E-state index in [1.807, 2.05) is 0 Å². The van der Waals surface area contributed by atoms with Gasteiger partial charge in [0.2, 0.25) is 5.92 Å². The van der Waals surface area contributed by atoms with E-state index in [0.717, 1.165) is 22.9 Å². The molecule has 1 heterocycles. The zero-order valence-corrected chi connectivity index (χ0v) is 14.8. The molecule has 1 aromatic heterocycles. The van der Waals surface area contributed by atoms with Gasteiger partial charge in [0.15, 0.2) is 0 Å². The molecule has 1 saturated carbocycles. The molecule has 0 bridgehead atoms. The highest BCUT2D eigenvalue weighted by atomic mass is 19.4. The van der Waals surface area contributed by atoms with Gasteiger partial charge in [-0.3, -0.25) is 9.36 Å². The number of aromatic nitrogens is 2. The average Bonchev–Trinajstić information content (AvgIpc) is 2.55. The third kappa shape index (κ3) is 3.87. The summed E-state index contributed by atoms with van der Waals surface area (Å²) >= 11 is 0. The summed E-state index contributed by atoms with van der Waals surface area (Å²) in [4.78, 5) is 16.6. The number of benzene rings is 1. The smallest absolute Gasteiger partial charge is 0.416 e. The number of nitrogens with zero attached hydrogens (tertiary/aromatic N) is 2. The molecule has 5 nitrogen and oxygen atoms in total. The molecule has 28 heavy (non-hydrogen) atoms. The van der Waals surface area contributed by atoms with E-state index in [0.29, 0.717) is 6.07 Å². The molecule has 0 atom stereocenters. The Morgan fingerprint density at radius 2 is 1.93 bits per heavy atom. The van der Waals surface area contributed by atoms with Gasteiger partial charge in [-0.1, -0.05) is 0 Å². The van der Waals surface area contributed by atoms with Gasteiger partial charge < -0.3 is 9.84 Å². The second kappa shape index (κ2) is 6.84. The molecule has 3 rings (SSSR count). The zero-order valence-electron chi connectivity index (χ0n) is 14.8. The summed E-state index contributed by atoms with van der Waals surface area (Å²) in [6.07, 6.45) is -3.26. The van der Waals surface area contributed by atoms with Crippen molar-refractivity contribution in [1.29, 1.82) is 0 Å². The Kier molecular flexibility index (Phi) is 4.95. The van der Waals surface area contributed by atoms with E-state index >= 15 is 0 Å². The van der Waals surface area contributed by atoms with E-state index in [1.165, 1.54) is 13.4 Å². The fourth-order valence-electron chi connectivity index (χ4n) is 3.66. The maximum atomic E-state index is 13.4. The fourth-order valence-corrected chi connectivity index (χ4v) is 3.66. The summed E-state index contributed by atoms with van der Waals surface area (Å²) in [6, 6.07) is 2.24. The molecule has 1 N–H and O–H groups in total. The van der Waals surface area contributed by atoms with Crippen molar-refractivity contribution in [2.24, 2.45) is 5.41 Å². The Balaban J connectivity index is 1.95. The Morgan fingerprint density at radius 1 is 1.25 bits per heavy atom. The van der Waals surface area contributed by atoms with Crippen molar-refractivity contribution < 1.29 is 31.8 Å². The van der Waals surface area contributed by atoms with Crippen LogP contribution >= 0.6 is 0 Å². The van der Waals surface area contributed by atoms with E-state index < -0.39 is 47.2 Å². The summed E-state index contributed by atoms with van der Waals surface area (Å²) in [6.45, 7) is -0.0672. The minimum Gasteiger partial charge on any atom is -0.507 e. The van der Waals surface area contributed by atoms with Crippen LogP contribution in [0, 0.1) is 5.41 Å². The highest BCUT2D eigenvalue weighted by Crippen LogP contribution is 2.53. The van der Waals surface area contributed by atoms with Crippen molar-refractivity contribution in [2.75, 3.05) is 13.7 Å². The van der Waals surface area contributed by atoms with Gasteiger partial charge in [0, 0.05) is 43.7 Å². The second-order valence-electron chi connectivity index (χ2n) is 7.11. The van der Waals surface area contributed by atoms with Crippen LogP contribution in [0.25, 0.3) is 11.1 Å². The molecule has 10 heteroatoms. The summed E-state index contributed by atoms with van der Waals surface area (Å²) < 4.78 is 71.2. The number of aromatic hydroxyl groups is 1. The lowest BCUT2D eigenvalue weighted by molar-refractivity contribution is -0.185. The number of methoxy groups -OCH3 is 1. The van der Waals surface area contributed by atoms with Crippen LogP contribution in [0.1, 0.15) is 18.4 Å². The normalized spacial score (nSPS) is 17.9. The van der Waals surface area contributed by atoms with Crippen LogP contribution in [-0.4, -0.2) is 34.3 Å². The van der Waals surface area contributed by atoms with Gasteiger partial charge in [0.1, 0.15) is 5.75 Å². The van der Waals surface area contributed by atoms with Gasteiger partial charge in [-0.15, -0.1) is 0 Å². The number of phenolic OH excluding ortho intramolecular Hbond substituents is 1. The van der Waals surface area contributed by atoms with Crippen LogP contribution in [0.15, 0.2) is 35.5 Å². The minimum absolute atomic E-state index is 0.0186. The zero-order chi connectivity index (χ0) is 20.7. The van der Waals surface area contributed by atoms with Crippen LogP contribution in [-0.2, 0) is 17.5 Å². The fraction of sp³-hybridized carbons (Fsp3) is 0.444. The molecule has 1 aliphatic rings. The van der Waals surface area contributed by atoms with Crippen molar-refractivity contribution in [3.05, 3.63) is 46.6 Å². The third-order valence-corrected chi connectivity index (χ3v) is 4.74. The quantitative estimate of drug-likeness (QED) is 0.772. The lowest BCUT2D eigenvalue weighted by Crippen LogP contribution is -2.52. The Hall–Kier alpha value is -2.49. The predicted molar refractivity (Wildman–Crippen MR) is 89.1 cm³/mol. The third-order valence-electron chi connectivity index (χ3n) is 4.74. The number of phenols is 1. The lowest BCUT2D eigenvalue weighted by Gasteiger charge is -2.47. The van der Waals surface area contributed by atoms with Crippen molar-refractivity contribution in [3.63, 3.8) is 0 Å². The van der Waals surface area contributed by atoms with Crippen LogP contribution in [0.2, 0.25) is 0 Å². The molecule has 0 unspecified atom stereocenters. The number of alkyl halides is 5. The molecule has 0 saturated heterocycles. The maximum Gasteiger partial charge on any atom is 0.416 e. The van der Waals surface area contributed by atoms with Gasteiger partial charge in [-0.2, -0.15) is 13.2 Å². The molecule has 2 aromatic rings. The first-order valence-corrected chi connectivity index (χ1v) is 8.28. The van der Waals surface area contributed by atoms with Gasteiger partial charge in [-0.25, -0.2) is 13.8 Å². The summed E-state index contributed by atoms with van der Waals surface area (Å²) in [5.41, 5.74) is -2.92. The molecule has 0 aliphatic heterocycles. The number of ether oxygens (including phenoxy) is 1. The summed E-state index contributed by atoms with van der Waals surface area (Å²) in [7, 11) is 1.37. The molecule has 1 aliphatic carbocycles. The Bertz CT molecular complexity index is 932. The van der Waals surface area contributed by atoms with Crippen molar-refractivity contribution >= 4 is 0 Å². The van der Waals surface area contributed by atoms with Crippen LogP contribution in [0.4, 0.5) is 22.0 Å². The molecule has 1 fully saturated rings. The van der Waals surface area contributed by atoms with Crippen molar-refractivity contribution in [3.8, 4) is 16.9 Å². The number of halogens is 5. The number of hydrogen-bond acceptors (Lipinski definition) is 4. The first-order chi connectivity index (χ1) is 13.0. The highest BCUT2D eigenvalue weighted by Gasteiger charge is 2.56. The molecule has 152 valence electrons. The largest absolute Gasteiger partial charge is 0.507 e. The van der Waals surface area contributed by atoms with Gasteiger partial charge >= 0.3 is 6.18 Å². The van der Waals surface area contributed by atoms with Crippen molar-refractivity contribution in [1.82, 2.24) is 9.55 Å². The van der Waals surface area contributed by atoms with E-state index in [2.05, 4.69) is 4.98 Å². The lowest BCUT2D eigenvalue weighted by atomic mass is 9.66. The molecular weight excluding hydrogens is 387 g/mol. The van der Waals surface area contributed by atoms with Crippen LogP contribution in [0.5, 0.6) is 5.75 Å². The van der Waals surface area contributed by atoms with Gasteiger partial charge in [0.25, 0.3) is 5.56 Å². The van der Waals surface area contributed by atoms with Crippen LogP contribution < -0.4 is 5.56 Å². The first kappa shape index (κ1) is 20.2. The molecule has 0 spiro atoms. The molecule has 0 amide bonds. The minimum atomic E-state index is -4.65.